The molecule has 0 aliphatic carbocycles. The van der Waals surface area contributed by atoms with E-state index in [-0.39, 0.29) is 0 Å². The Kier molecular flexibility index (Phi) is 2.91. The largest absolute Gasteiger partial charge is 0.354 e. The number of aromatic amines is 2. The lowest BCUT2D eigenvalue weighted by Gasteiger charge is -2.04. The average molecular weight is 406 g/mol. The molecule has 0 saturated heterocycles. The number of benzene rings is 6. The Morgan fingerprint density at radius 3 is 1.34 bits per heavy atom. The van der Waals surface area contributed by atoms with Crippen LogP contribution in [0.1, 0.15) is 0 Å². The van der Waals surface area contributed by atoms with Crippen LogP contribution in [0.25, 0.3) is 75.9 Å². The number of aromatic nitrogens is 2. The Balaban J connectivity index is 1.63. The van der Waals surface area contributed by atoms with Crippen LogP contribution >= 0.6 is 0 Å². The minimum Gasteiger partial charge on any atom is -0.354 e. The fourth-order valence-electron chi connectivity index (χ4n) is 5.70. The van der Waals surface area contributed by atoms with Crippen molar-refractivity contribution in [2.75, 3.05) is 0 Å². The van der Waals surface area contributed by atoms with Gasteiger partial charge in [-0.3, -0.25) is 0 Å². The molecule has 0 bridgehead atoms. The number of H-pyrrole nitrogens is 2. The van der Waals surface area contributed by atoms with Gasteiger partial charge in [-0.25, -0.2) is 0 Å². The van der Waals surface area contributed by atoms with E-state index in [0.29, 0.717) is 0 Å². The number of rotatable bonds is 0. The van der Waals surface area contributed by atoms with Crippen LogP contribution in [0.15, 0.2) is 97.1 Å². The van der Waals surface area contributed by atoms with Gasteiger partial charge in [-0.2, -0.15) is 0 Å². The third-order valence-corrected chi connectivity index (χ3v) is 7.10. The number of nitrogens with one attached hydrogen (secondary N) is 2. The summed E-state index contributed by atoms with van der Waals surface area (Å²) in [5.41, 5.74) is 4.78. The fourth-order valence-corrected chi connectivity index (χ4v) is 5.70. The zero-order chi connectivity index (χ0) is 20.8. The van der Waals surface area contributed by atoms with Gasteiger partial charge >= 0.3 is 0 Å². The second-order valence-corrected chi connectivity index (χ2v) is 8.74. The second kappa shape index (κ2) is 5.68. The molecule has 2 heteroatoms. The molecule has 0 atom stereocenters. The van der Waals surface area contributed by atoms with Crippen molar-refractivity contribution in [2.45, 2.75) is 0 Å². The van der Waals surface area contributed by atoms with Gasteiger partial charge in [0.15, 0.2) is 0 Å². The van der Waals surface area contributed by atoms with E-state index in [1.165, 1.54) is 75.9 Å². The van der Waals surface area contributed by atoms with Gasteiger partial charge in [0.05, 0.1) is 11.0 Å². The molecule has 0 saturated carbocycles. The molecule has 2 N–H and O–H groups in total. The summed E-state index contributed by atoms with van der Waals surface area (Å²) in [7, 11) is 0. The van der Waals surface area contributed by atoms with Crippen molar-refractivity contribution in [1.82, 2.24) is 9.97 Å². The van der Waals surface area contributed by atoms with E-state index in [2.05, 4.69) is 107 Å². The fraction of sp³-hybridized carbons (Fsp3) is 0. The SMILES string of the molecule is c1ccc2c(c1)ccc1[nH]c3c(ccc4ccc5c([nH]c6ccc7ccccc7c65)c43)c12. The van der Waals surface area contributed by atoms with Gasteiger partial charge < -0.3 is 9.97 Å². The lowest BCUT2D eigenvalue weighted by molar-refractivity contribution is 1.55. The first-order valence-corrected chi connectivity index (χ1v) is 11.0. The Morgan fingerprint density at radius 1 is 0.344 bits per heavy atom. The van der Waals surface area contributed by atoms with Gasteiger partial charge in [-0.1, -0.05) is 84.9 Å². The average Bonchev–Trinajstić information content (AvgIpc) is 3.42. The van der Waals surface area contributed by atoms with Crippen molar-refractivity contribution >= 4 is 75.9 Å². The highest BCUT2D eigenvalue weighted by Crippen LogP contribution is 2.40. The van der Waals surface area contributed by atoms with E-state index in [4.69, 9.17) is 0 Å². The summed E-state index contributed by atoms with van der Waals surface area (Å²) >= 11 is 0. The van der Waals surface area contributed by atoms with Gasteiger partial charge in [-0.05, 0) is 39.1 Å². The van der Waals surface area contributed by atoms with Crippen LogP contribution in [0.2, 0.25) is 0 Å². The van der Waals surface area contributed by atoms with Crippen LogP contribution in [0.4, 0.5) is 0 Å². The minimum absolute atomic E-state index is 1.18. The Hall–Kier alpha value is -4.30. The number of fused-ring (bicyclic) bond motifs is 13. The van der Waals surface area contributed by atoms with Crippen LogP contribution in [0, 0.1) is 0 Å². The molecule has 2 aromatic heterocycles. The zero-order valence-corrected chi connectivity index (χ0v) is 17.2. The van der Waals surface area contributed by atoms with Gasteiger partial charge in [0.25, 0.3) is 0 Å². The van der Waals surface area contributed by atoms with Crippen molar-refractivity contribution in [3.05, 3.63) is 97.1 Å². The molecule has 8 aromatic rings. The summed E-state index contributed by atoms with van der Waals surface area (Å²) in [6.45, 7) is 0. The predicted molar refractivity (Wildman–Crippen MR) is 138 cm³/mol. The van der Waals surface area contributed by atoms with Gasteiger partial charge in [0.2, 0.25) is 0 Å². The van der Waals surface area contributed by atoms with Crippen LogP contribution in [0.3, 0.4) is 0 Å². The number of hydrogen-bond acceptors (Lipinski definition) is 0. The summed E-state index contributed by atoms with van der Waals surface area (Å²) in [6, 6.07) is 35.2. The molecule has 2 heterocycles. The van der Waals surface area contributed by atoms with Crippen LogP contribution in [-0.2, 0) is 0 Å². The lowest BCUT2D eigenvalue weighted by Crippen LogP contribution is -1.79. The molecule has 0 aliphatic heterocycles. The normalized spacial score (nSPS) is 12.4. The van der Waals surface area contributed by atoms with Gasteiger partial charge in [-0.15, -0.1) is 0 Å². The minimum atomic E-state index is 1.18. The third kappa shape index (κ3) is 1.95. The second-order valence-electron chi connectivity index (χ2n) is 8.74. The maximum absolute atomic E-state index is 3.77. The predicted octanol–water partition coefficient (Wildman–Crippen LogP) is 8.42. The molecule has 2 nitrogen and oxygen atoms in total. The molecule has 0 unspecified atom stereocenters. The maximum Gasteiger partial charge on any atom is 0.0566 e. The molecular weight excluding hydrogens is 388 g/mol. The first-order chi connectivity index (χ1) is 15.9. The summed E-state index contributed by atoms with van der Waals surface area (Å²) in [4.78, 5) is 7.53. The summed E-state index contributed by atoms with van der Waals surface area (Å²) in [5, 5.41) is 12.8. The number of hydrogen-bond donors (Lipinski definition) is 2. The van der Waals surface area contributed by atoms with Crippen molar-refractivity contribution in [3.8, 4) is 0 Å². The molecular formula is C30H18N2. The van der Waals surface area contributed by atoms with Crippen LogP contribution in [-0.4, -0.2) is 9.97 Å². The highest BCUT2D eigenvalue weighted by Gasteiger charge is 2.15. The Morgan fingerprint density at radius 2 is 0.812 bits per heavy atom. The lowest BCUT2D eigenvalue weighted by atomic mass is 9.99. The highest BCUT2D eigenvalue weighted by molar-refractivity contribution is 6.31. The van der Waals surface area contributed by atoms with E-state index in [0.717, 1.165) is 0 Å². The molecule has 0 aliphatic rings. The molecule has 0 radical (unpaired) electrons. The molecule has 6 aromatic carbocycles. The van der Waals surface area contributed by atoms with Crippen LogP contribution in [0.5, 0.6) is 0 Å². The van der Waals surface area contributed by atoms with Crippen LogP contribution < -0.4 is 0 Å². The van der Waals surface area contributed by atoms with Crippen molar-refractivity contribution in [2.24, 2.45) is 0 Å². The zero-order valence-electron chi connectivity index (χ0n) is 17.2. The quantitative estimate of drug-likeness (QED) is 0.253. The molecule has 8 rings (SSSR count). The monoisotopic (exact) mass is 406 g/mol. The molecule has 148 valence electrons. The first kappa shape index (κ1) is 16.4. The van der Waals surface area contributed by atoms with E-state index in [1.807, 2.05) is 0 Å². The van der Waals surface area contributed by atoms with E-state index in [1.54, 1.807) is 0 Å². The van der Waals surface area contributed by atoms with Gasteiger partial charge in [0.1, 0.15) is 0 Å². The smallest absolute Gasteiger partial charge is 0.0566 e. The highest BCUT2D eigenvalue weighted by atomic mass is 14.7. The van der Waals surface area contributed by atoms with Crippen molar-refractivity contribution in [1.29, 1.82) is 0 Å². The molecule has 0 spiro atoms. The summed E-state index contributed by atoms with van der Waals surface area (Å²) in [5.74, 6) is 0. The Labute approximate surface area is 183 Å². The van der Waals surface area contributed by atoms with E-state index >= 15 is 0 Å². The first-order valence-electron chi connectivity index (χ1n) is 11.0. The van der Waals surface area contributed by atoms with E-state index in [9.17, 15) is 0 Å². The molecule has 0 amide bonds. The topological polar surface area (TPSA) is 31.6 Å². The van der Waals surface area contributed by atoms with Crippen molar-refractivity contribution in [3.63, 3.8) is 0 Å². The van der Waals surface area contributed by atoms with Crippen molar-refractivity contribution < 1.29 is 0 Å². The van der Waals surface area contributed by atoms with Gasteiger partial charge in [0, 0.05) is 38.0 Å². The molecule has 32 heavy (non-hydrogen) atoms. The standard InChI is InChI=1S/C30H18N2/c1-3-7-20-17(5-1)11-15-24-27(20)22-13-9-19-10-14-23-28-21-8-4-2-6-18(21)12-16-25(28)32-30(23)26(19)29(22)31-24/h1-16,31-32H. The maximum atomic E-state index is 3.77. The Bertz CT molecular complexity index is 1890. The van der Waals surface area contributed by atoms with E-state index < -0.39 is 0 Å². The molecule has 0 fully saturated rings. The third-order valence-electron chi connectivity index (χ3n) is 7.10. The summed E-state index contributed by atoms with van der Waals surface area (Å²) < 4.78 is 0. The summed E-state index contributed by atoms with van der Waals surface area (Å²) in [6.07, 6.45) is 0.